The zero-order valence-corrected chi connectivity index (χ0v) is 9.08. The van der Waals surface area contributed by atoms with Crippen molar-refractivity contribution in [3.63, 3.8) is 0 Å². The van der Waals surface area contributed by atoms with E-state index in [4.69, 9.17) is 15.0 Å². The van der Waals surface area contributed by atoms with Crippen molar-refractivity contribution in [2.45, 2.75) is 45.6 Å². The number of azide groups is 1. The van der Waals surface area contributed by atoms with E-state index in [-0.39, 0.29) is 18.0 Å². The third-order valence-electron chi connectivity index (χ3n) is 2.57. The molecule has 84 valence electrons. The van der Waals surface area contributed by atoms with Gasteiger partial charge in [-0.15, -0.1) is 0 Å². The smallest absolute Gasteiger partial charge is 0.303 e. The first-order valence-corrected chi connectivity index (χ1v) is 4.97. The summed E-state index contributed by atoms with van der Waals surface area (Å²) in [4.78, 5) is 13.6. The molecule has 1 rings (SSSR count). The third kappa shape index (κ3) is 2.61. The fourth-order valence-electron chi connectivity index (χ4n) is 1.82. The van der Waals surface area contributed by atoms with Gasteiger partial charge < -0.3 is 9.47 Å². The Kier molecular flexibility index (Phi) is 3.94. The molecular weight excluding hydrogens is 198 g/mol. The molecule has 0 amide bonds. The molecule has 0 saturated carbocycles. The highest BCUT2D eigenvalue weighted by atomic mass is 16.6. The highest BCUT2D eigenvalue weighted by Gasteiger charge is 2.42. The molecule has 1 saturated heterocycles. The number of carbonyl (C=O) groups is 1. The van der Waals surface area contributed by atoms with Gasteiger partial charge in [0.2, 0.25) is 0 Å². The van der Waals surface area contributed by atoms with Gasteiger partial charge in [-0.2, -0.15) is 0 Å². The lowest BCUT2D eigenvalue weighted by molar-refractivity contribution is -0.150. The van der Waals surface area contributed by atoms with E-state index in [1.54, 1.807) is 0 Å². The summed E-state index contributed by atoms with van der Waals surface area (Å²) in [5.41, 5.74) is 8.36. The molecule has 0 spiro atoms. The molecule has 1 fully saturated rings. The molecule has 15 heavy (non-hydrogen) atoms. The second kappa shape index (κ2) is 5.00. The molecule has 0 bridgehead atoms. The lowest BCUT2D eigenvalue weighted by Crippen LogP contribution is -2.29. The van der Waals surface area contributed by atoms with Crippen LogP contribution in [0.2, 0.25) is 0 Å². The van der Waals surface area contributed by atoms with E-state index in [0.29, 0.717) is 0 Å². The van der Waals surface area contributed by atoms with Crippen LogP contribution in [-0.4, -0.2) is 24.4 Å². The molecule has 4 atom stereocenters. The summed E-state index contributed by atoms with van der Waals surface area (Å²) in [6, 6.07) is 0. The summed E-state index contributed by atoms with van der Waals surface area (Å²) in [7, 11) is 0. The van der Waals surface area contributed by atoms with Crippen LogP contribution in [0.1, 0.15) is 27.2 Å². The Morgan fingerprint density at radius 3 is 2.80 bits per heavy atom. The number of ether oxygens (including phenoxy) is 2. The van der Waals surface area contributed by atoms with Crippen LogP contribution in [0, 0.1) is 5.92 Å². The predicted molar refractivity (Wildman–Crippen MR) is 52.8 cm³/mol. The number of nitrogens with zero attached hydrogens (tertiary/aromatic N) is 3. The van der Waals surface area contributed by atoms with Crippen molar-refractivity contribution in [1.82, 2.24) is 0 Å². The molecule has 0 aliphatic carbocycles. The van der Waals surface area contributed by atoms with E-state index in [0.717, 1.165) is 6.42 Å². The first-order valence-electron chi connectivity index (χ1n) is 4.97. The summed E-state index contributed by atoms with van der Waals surface area (Å²) in [6.45, 7) is 5.23. The van der Waals surface area contributed by atoms with Crippen LogP contribution < -0.4 is 0 Å². The molecule has 0 unspecified atom stereocenters. The molecule has 1 heterocycles. The fraction of sp³-hybridized carbons (Fsp3) is 0.889. The van der Waals surface area contributed by atoms with Gasteiger partial charge in [-0.1, -0.05) is 19.0 Å². The molecule has 0 aromatic carbocycles. The van der Waals surface area contributed by atoms with Crippen LogP contribution >= 0.6 is 0 Å². The molecule has 0 N–H and O–H groups in total. The van der Waals surface area contributed by atoms with E-state index in [1.165, 1.54) is 6.92 Å². The van der Waals surface area contributed by atoms with E-state index in [9.17, 15) is 4.79 Å². The zero-order valence-electron chi connectivity index (χ0n) is 9.08. The maximum Gasteiger partial charge on any atom is 0.303 e. The van der Waals surface area contributed by atoms with Crippen LogP contribution in [0.25, 0.3) is 10.4 Å². The van der Waals surface area contributed by atoms with Crippen molar-refractivity contribution < 1.29 is 14.3 Å². The topological polar surface area (TPSA) is 84.3 Å². The Morgan fingerprint density at radius 1 is 1.67 bits per heavy atom. The Morgan fingerprint density at radius 2 is 2.33 bits per heavy atom. The second-order valence-electron chi connectivity index (χ2n) is 3.61. The van der Waals surface area contributed by atoms with Crippen LogP contribution in [0.15, 0.2) is 5.11 Å². The monoisotopic (exact) mass is 213 g/mol. The molecule has 0 aromatic heterocycles. The Hall–Kier alpha value is -1.26. The maximum atomic E-state index is 10.9. The van der Waals surface area contributed by atoms with Gasteiger partial charge in [0.05, 0.1) is 6.10 Å². The molecule has 1 aliphatic heterocycles. The molecular formula is C9H15N3O3. The van der Waals surface area contributed by atoms with E-state index >= 15 is 0 Å². The predicted octanol–water partition coefficient (Wildman–Crippen LogP) is 2.00. The van der Waals surface area contributed by atoms with Gasteiger partial charge in [0.25, 0.3) is 0 Å². The minimum Gasteiger partial charge on any atom is -0.459 e. The highest BCUT2D eigenvalue weighted by Crippen LogP contribution is 2.31. The van der Waals surface area contributed by atoms with Crippen molar-refractivity contribution in [3.05, 3.63) is 10.4 Å². The molecule has 0 radical (unpaired) electrons. The minimum atomic E-state index is -0.696. The van der Waals surface area contributed by atoms with E-state index in [1.807, 2.05) is 13.8 Å². The van der Waals surface area contributed by atoms with Crippen LogP contribution in [0.5, 0.6) is 0 Å². The Balaban J connectivity index is 2.77. The van der Waals surface area contributed by atoms with Crippen molar-refractivity contribution in [2.75, 3.05) is 0 Å². The summed E-state index contributed by atoms with van der Waals surface area (Å²) in [5, 5.41) is 3.49. The number of hydrogen-bond donors (Lipinski definition) is 0. The summed E-state index contributed by atoms with van der Waals surface area (Å²) in [5.74, 6) is -0.334. The first kappa shape index (κ1) is 11.8. The van der Waals surface area contributed by atoms with Gasteiger partial charge in [0.15, 0.2) is 6.23 Å². The highest BCUT2D eigenvalue weighted by molar-refractivity contribution is 5.66. The van der Waals surface area contributed by atoms with Gasteiger partial charge in [-0.3, -0.25) is 4.79 Å². The normalized spacial score (nSPS) is 34.6. The minimum absolute atomic E-state index is 0.0233. The van der Waals surface area contributed by atoms with E-state index < -0.39 is 12.3 Å². The summed E-state index contributed by atoms with van der Waals surface area (Å²) >= 11 is 0. The van der Waals surface area contributed by atoms with Gasteiger partial charge >= 0.3 is 5.97 Å². The van der Waals surface area contributed by atoms with Crippen molar-refractivity contribution in [2.24, 2.45) is 11.0 Å². The average molecular weight is 213 g/mol. The van der Waals surface area contributed by atoms with Crippen molar-refractivity contribution in [1.29, 1.82) is 0 Å². The Bertz CT molecular complexity index is 288. The number of esters is 1. The third-order valence-corrected chi connectivity index (χ3v) is 2.57. The van der Waals surface area contributed by atoms with Crippen LogP contribution in [0.3, 0.4) is 0 Å². The molecule has 0 aromatic rings. The second-order valence-corrected chi connectivity index (χ2v) is 3.61. The van der Waals surface area contributed by atoms with Gasteiger partial charge in [0.1, 0.15) is 6.10 Å². The summed E-state index contributed by atoms with van der Waals surface area (Å²) < 4.78 is 10.6. The fourth-order valence-corrected chi connectivity index (χ4v) is 1.82. The SMILES string of the molecule is CC[C@H]1O[C@@H](N=[N+]=[N-])[C@H](OC(C)=O)[C@@H]1C. The van der Waals surface area contributed by atoms with E-state index in [2.05, 4.69) is 10.0 Å². The number of carbonyl (C=O) groups excluding carboxylic acids is 1. The number of rotatable bonds is 3. The van der Waals surface area contributed by atoms with Crippen molar-refractivity contribution in [3.8, 4) is 0 Å². The van der Waals surface area contributed by atoms with Crippen LogP contribution in [0.4, 0.5) is 0 Å². The largest absolute Gasteiger partial charge is 0.459 e. The van der Waals surface area contributed by atoms with Gasteiger partial charge in [0, 0.05) is 17.8 Å². The van der Waals surface area contributed by atoms with Crippen molar-refractivity contribution >= 4 is 5.97 Å². The van der Waals surface area contributed by atoms with Gasteiger partial charge in [-0.05, 0) is 12.0 Å². The maximum absolute atomic E-state index is 10.9. The first-order chi connectivity index (χ1) is 7.10. The van der Waals surface area contributed by atoms with Crippen LogP contribution in [-0.2, 0) is 14.3 Å². The molecule has 6 nitrogen and oxygen atoms in total. The van der Waals surface area contributed by atoms with Gasteiger partial charge in [-0.25, -0.2) is 0 Å². The standard InChI is InChI=1S/C9H15N3O3/c1-4-7-5(2)8(14-6(3)13)9(15-7)11-12-10/h5,7-9H,4H2,1-3H3/t5-,7-,8-,9-/m1/s1. The average Bonchev–Trinajstić information content (AvgIpc) is 2.46. The Labute approximate surface area is 88.2 Å². The molecule has 6 heteroatoms. The quantitative estimate of drug-likeness (QED) is 0.311. The lowest BCUT2D eigenvalue weighted by Gasteiger charge is -2.18. The number of hydrogen-bond acceptors (Lipinski definition) is 4. The molecule has 1 aliphatic rings. The zero-order chi connectivity index (χ0) is 11.4. The lowest BCUT2D eigenvalue weighted by atomic mass is 9.99. The summed E-state index contributed by atoms with van der Waals surface area (Å²) in [6.07, 6.45) is -0.386.